The van der Waals surface area contributed by atoms with E-state index in [4.69, 9.17) is 5.11 Å². The number of hydrogen-bond donors (Lipinski definition) is 3. The molecule has 0 radical (unpaired) electrons. The molecule has 20 heavy (non-hydrogen) atoms. The molecule has 1 aromatic rings. The zero-order valence-corrected chi connectivity index (χ0v) is 11.7. The maximum Gasteiger partial charge on any atom is 0.311 e. The Morgan fingerprint density at radius 3 is 2.55 bits per heavy atom. The molecule has 0 aromatic carbocycles. The molecule has 3 N–H and O–H groups in total. The highest BCUT2D eigenvalue weighted by Crippen LogP contribution is 2.40. The number of hydrogen-bond acceptors (Lipinski definition) is 4. The van der Waals surface area contributed by atoms with Crippen LogP contribution in [-0.2, 0) is 9.59 Å². The summed E-state index contributed by atoms with van der Waals surface area (Å²) in [5.41, 5.74) is -0.812. The number of thiophene rings is 1. The van der Waals surface area contributed by atoms with Crippen molar-refractivity contribution in [2.45, 2.75) is 19.3 Å². The summed E-state index contributed by atoms with van der Waals surface area (Å²) in [5, 5.41) is 16.0. The molecule has 0 spiro atoms. The lowest BCUT2D eigenvalue weighted by Gasteiger charge is -2.37. The van der Waals surface area contributed by atoms with Gasteiger partial charge in [0.25, 0.3) is 5.91 Å². The summed E-state index contributed by atoms with van der Waals surface area (Å²) in [6, 6.07) is 3.43. The fraction of sp³-hybridized carbons (Fsp3) is 0.462. The second kappa shape index (κ2) is 6.04. The van der Waals surface area contributed by atoms with Crippen molar-refractivity contribution in [2.24, 2.45) is 5.41 Å². The van der Waals surface area contributed by atoms with Gasteiger partial charge in [0.2, 0.25) is 5.91 Å². The van der Waals surface area contributed by atoms with E-state index in [1.807, 2.05) is 0 Å². The molecule has 0 unspecified atom stereocenters. The van der Waals surface area contributed by atoms with Gasteiger partial charge in [0.05, 0.1) is 16.8 Å². The van der Waals surface area contributed by atoms with Crippen LogP contribution < -0.4 is 10.6 Å². The average Bonchev–Trinajstić information content (AvgIpc) is 2.88. The number of carbonyl (C=O) groups is 3. The van der Waals surface area contributed by atoms with Crippen LogP contribution in [0.15, 0.2) is 17.5 Å². The van der Waals surface area contributed by atoms with E-state index < -0.39 is 11.4 Å². The van der Waals surface area contributed by atoms with Gasteiger partial charge in [-0.05, 0) is 24.3 Å². The molecule has 1 heterocycles. The number of rotatable bonds is 6. The zero-order chi connectivity index (χ0) is 14.6. The van der Waals surface area contributed by atoms with Crippen molar-refractivity contribution in [1.29, 1.82) is 0 Å². The minimum Gasteiger partial charge on any atom is -0.481 e. The first kappa shape index (κ1) is 14.5. The molecule has 108 valence electrons. The highest BCUT2D eigenvalue weighted by Gasteiger charge is 2.44. The molecule has 6 nitrogen and oxygen atoms in total. The van der Waals surface area contributed by atoms with E-state index >= 15 is 0 Å². The lowest BCUT2D eigenvalue weighted by Crippen LogP contribution is -2.49. The van der Waals surface area contributed by atoms with Gasteiger partial charge in [0.1, 0.15) is 0 Å². The molecule has 1 aliphatic rings. The third kappa shape index (κ3) is 3.16. The summed E-state index contributed by atoms with van der Waals surface area (Å²) in [6.07, 6.45) is 2.05. The monoisotopic (exact) mass is 296 g/mol. The summed E-state index contributed by atoms with van der Waals surface area (Å²) in [4.78, 5) is 34.9. The maximum atomic E-state index is 11.6. The minimum absolute atomic E-state index is 0.121. The Morgan fingerprint density at radius 1 is 1.30 bits per heavy atom. The van der Waals surface area contributed by atoms with Gasteiger partial charge in [0.15, 0.2) is 0 Å². The quantitative estimate of drug-likeness (QED) is 0.725. The summed E-state index contributed by atoms with van der Waals surface area (Å²) < 4.78 is 0. The lowest BCUT2D eigenvalue weighted by molar-refractivity contribution is -0.154. The zero-order valence-electron chi connectivity index (χ0n) is 10.8. The van der Waals surface area contributed by atoms with Gasteiger partial charge < -0.3 is 15.7 Å². The molecule has 0 aliphatic heterocycles. The first-order chi connectivity index (χ1) is 9.53. The normalized spacial score (nSPS) is 16.0. The first-order valence-electron chi connectivity index (χ1n) is 6.35. The molecule has 2 rings (SSSR count). The van der Waals surface area contributed by atoms with Gasteiger partial charge in [-0.2, -0.15) is 0 Å². The number of amides is 2. The van der Waals surface area contributed by atoms with Gasteiger partial charge >= 0.3 is 5.97 Å². The van der Waals surface area contributed by atoms with Gasteiger partial charge in [-0.15, -0.1) is 11.3 Å². The standard InChI is InChI=1S/C13H16N2O4S/c16-10(7-14-11(17)9-3-1-6-20-9)15-8-13(12(18)19)4-2-5-13/h1,3,6H,2,4-5,7-8H2,(H,14,17)(H,15,16)(H,18,19). The fourth-order valence-corrected chi connectivity index (χ4v) is 2.70. The van der Waals surface area contributed by atoms with E-state index in [-0.39, 0.29) is 24.9 Å². The van der Waals surface area contributed by atoms with Crippen molar-refractivity contribution in [1.82, 2.24) is 10.6 Å². The van der Waals surface area contributed by atoms with E-state index in [0.717, 1.165) is 6.42 Å². The Hall–Kier alpha value is -1.89. The van der Waals surface area contributed by atoms with E-state index in [2.05, 4.69) is 10.6 Å². The molecule has 1 aliphatic carbocycles. The van der Waals surface area contributed by atoms with E-state index in [1.165, 1.54) is 11.3 Å². The molecular weight excluding hydrogens is 280 g/mol. The van der Waals surface area contributed by atoms with Crippen LogP contribution in [0, 0.1) is 5.41 Å². The molecule has 7 heteroatoms. The van der Waals surface area contributed by atoms with E-state index in [9.17, 15) is 14.4 Å². The van der Waals surface area contributed by atoms with Crippen LogP contribution in [0.3, 0.4) is 0 Å². The highest BCUT2D eigenvalue weighted by atomic mass is 32.1. The van der Waals surface area contributed by atoms with Gasteiger partial charge in [-0.1, -0.05) is 12.5 Å². The number of carbonyl (C=O) groups excluding carboxylic acids is 2. The Labute approximate surface area is 120 Å². The topological polar surface area (TPSA) is 95.5 Å². The van der Waals surface area contributed by atoms with Crippen molar-refractivity contribution < 1.29 is 19.5 Å². The Balaban J connectivity index is 1.73. The predicted molar refractivity (Wildman–Crippen MR) is 73.6 cm³/mol. The van der Waals surface area contributed by atoms with Crippen LogP contribution in [0.25, 0.3) is 0 Å². The third-order valence-corrected chi connectivity index (χ3v) is 4.41. The van der Waals surface area contributed by atoms with E-state index in [1.54, 1.807) is 17.5 Å². The Kier molecular flexibility index (Phi) is 4.39. The summed E-state index contributed by atoms with van der Waals surface area (Å²) >= 11 is 1.30. The van der Waals surface area contributed by atoms with Crippen LogP contribution in [-0.4, -0.2) is 36.0 Å². The van der Waals surface area contributed by atoms with Crippen molar-refractivity contribution >= 4 is 29.1 Å². The molecule has 1 aromatic heterocycles. The molecule has 2 amide bonds. The maximum absolute atomic E-state index is 11.6. The van der Waals surface area contributed by atoms with E-state index in [0.29, 0.717) is 17.7 Å². The van der Waals surface area contributed by atoms with Crippen LogP contribution in [0.2, 0.25) is 0 Å². The predicted octanol–water partition coefficient (Wildman–Crippen LogP) is 0.849. The molecule has 0 atom stereocenters. The van der Waals surface area contributed by atoms with Crippen molar-refractivity contribution in [3.63, 3.8) is 0 Å². The number of nitrogens with one attached hydrogen (secondary N) is 2. The van der Waals surface area contributed by atoms with Crippen molar-refractivity contribution in [3.8, 4) is 0 Å². The Morgan fingerprint density at radius 2 is 2.05 bits per heavy atom. The van der Waals surface area contributed by atoms with Crippen LogP contribution >= 0.6 is 11.3 Å². The lowest BCUT2D eigenvalue weighted by atomic mass is 9.69. The fourth-order valence-electron chi connectivity index (χ4n) is 2.06. The SMILES string of the molecule is O=C(CNC(=O)c1cccs1)NCC1(C(=O)O)CCC1. The Bertz CT molecular complexity index is 508. The molecular formula is C13H16N2O4S. The number of aliphatic carboxylic acids is 1. The molecule has 1 saturated carbocycles. The first-order valence-corrected chi connectivity index (χ1v) is 7.23. The van der Waals surface area contributed by atoms with Crippen LogP contribution in [0.4, 0.5) is 0 Å². The summed E-state index contributed by atoms with van der Waals surface area (Å²) in [7, 11) is 0. The van der Waals surface area contributed by atoms with Gasteiger partial charge in [-0.25, -0.2) is 0 Å². The molecule has 0 saturated heterocycles. The number of carboxylic acid groups (broad SMARTS) is 1. The van der Waals surface area contributed by atoms with Gasteiger partial charge in [0, 0.05) is 6.54 Å². The third-order valence-electron chi connectivity index (χ3n) is 3.54. The summed E-state index contributed by atoms with van der Waals surface area (Å²) in [5.74, 6) is -1.54. The number of carboxylic acids is 1. The highest BCUT2D eigenvalue weighted by molar-refractivity contribution is 7.12. The smallest absolute Gasteiger partial charge is 0.311 e. The second-order valence-corrected chi connectivity index (χ2v) is 5.82. The van der Waals surface area contributed by atoms with Gasteiger partial charge in [-0.3, -0.25) is 14.4 Å². The minimum atomic E-state index is -0.869. The average molecular weight is 296 g/mol. The summed E-state index contributed by atoms with van der Waals surface area (Å²) in [6.45, 7) is -0.0253. The molecule has 0 bridgehead atoms. The second-order valence-electron chi connectivity index (χ2n) is 4.88. The van der Waals surface area contributed by atoms with Crippen molar-refractivity contribution in [3.05, 3.63) is 22.4 Å². The molecule has 1 fully saturated rings. The largest absolute Gasteiger partial charge is 0.481 e. The van der Waals surface area contributed by atoms with Crippen LogP contribution in [0.5, 0.6) is 0 Å². The van der Waals surface area contributed by atoms with Crippen LogP contribution in [0.1, 0.15) is 28.9 Å². The van der Waals surface area contributed by atoms with Crippen molar-refractivity contribution in [2.75, 3.05) is 13.1 Å².